The zero-order valence-corrected chi connectivity index (χ0v) is 21.5. The second kappa shape index (κ2) is 12.8. The van der Waals surface area contributed by atoms with Gasteiger partial charge < -0.3 is 13.3 Å². The Kier molecular flexibility index (Phi) is 11.6. The second-order valence-corrected chi connectivity index (χ2v) is 19.2. The molecule has 1 atom stereocenters. The predicted molar refractivity (Wildman–Crippen MR) is 129 cm³/mol. The lowest BCUT2D eigenvalue weighted by Gasteiger charge is -2.29. The molecular formula is C14H21NO3S7Si. The molecule has 0 N–H and O–H groups in total. The summed E-state index contributed by atoms with van der Waals surface area (Å²) in [6.07, 6.45) is 1.01. The molecule has 0 saturated carbocycles. The van der Waals surface area contributed by atoms with Gasteiger partial charge in [-0.1, -0.05) is 29.9 Å². The Balaban J connectivity index is 1.55. The molecule has 12 heteroatoms. The summed E-state index contributed by atoms with van der Waals surface area (Å²) < 4.78 is 18.9. The normalized spacial score (nSPS) is 13.4. The summed E-state index contributed by atoms with van der Waals surface area (Å²) in [5.74, 6) is 1.04. The minimum atomic E-state index is -2.50. The summed E-state index contributed by atoms with van der Waals surface area (Å²) in [7, 11) is 13.2. The van der Waals surface area contributed by atoms with Crippen molar-refractivity contribution >= 4 is 91.2 Å². The van der Waals surface area contributed by atoms with Crippen molar-refractivity contribution in [2.24, 2.45) is 0 Å². The third-order valence-corrected chi connectivity index (χ3v) is 18.9. The third kappa shape index (κ3) is 6.97. The molecule has 4 nitrogen and oxygen atoms in total. The summed E-state index contributed by atoms with van der Waals surface area (Å²) in [6.45, 7) is 2.14. The number of hydrogen-bond acceptors (Lipinski definition) is 11. The minimum Gasteiger partial charge on any atom is -0.377 e. The highest BCUT2D eigenvalue weighted by Gasteiger charge is 2.44. The van der Waals surface area contributed by atoms with E-state index in [0.717, 1.165) is 22.0 Å². The van der Waals surface area contributed by atoms with Crippen molar-refractivity contribution in [3.8, 4) is 0 Å². The van der Waals surface area contributed by atoms with Gasteiger partial charge in [-0.2, -0.15) is 0 Å². The number of rotatable bonds is 13. The summed E-state index contributed by atoms with van der Waals surface area (Å²) >= 11 is 1.75. The third-order valence-electron chi connectivity index (χ3n) is 3.60. The van der Waals surface area contributed by atoms with Crippen LogP contribution >= 0.6 is 72.2 Å². The van der Waals surface area contributed by atoms with Gasteiger partial charge in [0.15, 0.2) is 4.34 Å². The van der Waals surface area contributed by atoms with E-state index in [-0.39, 0.29) is 5.54 Å². The Labute approximate surface area is 182 Å². The molecule has 0 radical (unpaired) electrons. The van der Waals surface area contributed by atoms with Gasteiger partial charge >= 0.3 is 8.80 Å². The van der Waals surface area contributed by atoms with E-state index in [1.807, 2.05) is 16.9 Å². The first-order valence-electron chi connectivity index (χ1n) is 7.62. The average Bonchev–Trinajstić information content (AvgIpc) is 3.08. The fourth-order valence-electron chi connectivity index (χ4n) is 2.26. The standard InChI is InChI=1S/C14H21NO3S7Si/c1-11(26(16-2,17-3)18-4)9-10-19-22-24-25-23-21-14-15-12-7-5-6-8-13(12)20-14/h5-8,11H,9-10H2,1-4H3. The van der Waals surface area contributed by atoms with E-state index in [1.54, 1.807) is 82.8 Å². The monoisotopic (exact) mass is 503 g/mol. The van der Waals surface area contributed by atoms with Crippen LogP contribution in [-0.4, -0.2) is 40.9 Å². The zero-order chi connectivity index (χ0) is 18.8. The average molecular weight is 504 g/mol. The zero-order valence-electron chi connectivity index (χ0n) is 14.8. The van der Waals surface area contributed by atoms with Crippen LogP contribution in [0, 0.1) is 0 Å². The van der Waals surface area contributed by atoms with E-state index >= 15 is 0 Å². The lowest BCUT2D eigenvalue weighted by Crippen LogP contribution is -2.46. The fraction of sp³-hybridized carbons (Fsp3) is 0.500. The number of aromatic nitrogens is 1. The maximum absolute atomic E-state index is 5.53. The topological polar surface area (TPSA) is 40.6 Å². The van der Waals surface area contributed by atoms with Gasteiger partial charge in [0.25, 0.3) is 0 Å². The van der Waals surface area contributed by atoms with Crippen LogP contribution < -0.4 is 0 Å². The van der Waals surface area contributed by atoms with Crippen LogP contribution in [0.4, 0.5) is 0 Å². The molecule has 0 bridgehead atoms. The predicted octanol–water partition coefficient (Wildman–Crippen LogP) is 7.29. The van der Waals surface area contributed by atoms with E-state index in [1.165, 1.54) is 4.70 Å². The number of fused-ring (bicyclic) bond motifs is 1. The molecule has 0 fully saturated rings. The first-order valence-corrected chi connectivity index (χ1v) is 17.9. The molecule has 0 aliphatic heterocycles. The van der Waals surface area contributed by atoms with Gasteiger partial charge in [0.1, 0.15) is 0 Å². The van der Waals surface area contributed by atoms with E-state index in [9.17, 15) is 0 Å². The van der Waals surface area contributed by atoms with Crippen LogP contribution in [0.2, 0.25) is 5.54 Å². The molecule has 2 aromatic rings. The molecule has 0 saturated heterocycles. The Morgan fingerprint density at radius 1 is 1.04 bits per heavy atom. The molecule has 0 amide bonds. The molecule has 1 heterocycles. The fourth-order valence-corrected chi connectivity index (χ4v) is 17.6. The first-order chi connectivity index (χ1) is 12.6. The van der Waals surface area contributed by atoms with Crippen molar-refractivity contribution in [2.45, 2.75) is 23.2 Å². The number of hydrogen-bond donors (Lipinski definition) is 0. The molecule has 26 heavy (non-hydrogen) atoms. The molecule has 1 aromatic carbocycles. The van der Waals surface area contributed by atoms with Crippen LogP contribution in [0.5, 0.6) is 0 Å². The number of benzene rings is 1. The highest BCUT2D eigenvalue weighted by Crippen LogP contribution is 2.54. The Morgan fingerprint density at radius 3 is 2.42 bits per heavy atom. The number of nitrogens with zero attached hydrogens (tertiary/aromatic N) is 1. The number of para-hydroxylation sites is 1. The molecule has 0 aliphatic rings. The van der Waals surface area contributed by atoms with Crippen LogP contribution in [0.3, 0.4) is 0 Å². The highest BCUT2D eigenvalue weighted by atomic mass is 33.9. The van der Waals surface area contributed by atoms with Crippen LogP contribution in [0.15, 0.2) is 28.6 Å². The van der Waals surface area contributed by atoms with Gasteiger partial charge in [-0.15, -0.1) is 11.3 Å². The van der Waals surface area contributed by atoms with Crippen LogP contribution in [0.1, 0.15) is 13.3 Å². The van der Waals surface area contributed by atoms with Crippen molar-refractivity contribution in [1.82, 2.24) is 4.98 Å². The maximum atomic E-state index is 5.53. The van der Waals surface area contributed by atoms with Crippen molar-refractivity contribution in [3.63, 3.8) is 0 Å². The Bertz CT molecular complexity index is 617. The molecule has 1 unspecified atom stereocenters. The van der Waals surface area contributed by atoms with Gasteiger partial charge in [0, 0.05) is 32.6 Å². The van der Waals surface area contributed by atoms with E-state index < -0.39 is 8.80 Å². The van der Waals surface area contributed by atoms with E-state index in [4.69, 9.17) is 13.3 Å². The summed E-state index contributed by atoms with van der Waals surface area (Å²) in [5, 5.41) is 0. The van der Waals surface area contributed by atoms with Gasteiger partial charge in [0.2, 0.25) is 0 Å². The molecule has 2 rings (SSSR count). The molecular weight excluding hydrogens is 483 g/mol. The van der Waals surface area contributed by atoms with Crippen molar-refractivity contribution in [1.29, 1.82) is 0 Å². The summed E-state index contributed by atoms with van der Waals surface area (Å²) in [4.78, 5) is 4.62. The summed E-state index contributed by atoms with van der Waals surface area (Å²) in [5.41, 5.74) is 1.37. The largest absolute Gasteiger partial charge is 0.503 e. The smallest absolute Gasteiger partial charge is 0.377 e. The van der Waals surface area contributed by atoms with Gasteiger partial charge in [-0.05, 0) is 68.7 Å². The SMILES string of the molecule is CO[Si](OC)(OC)C(C)CCSSSSSSc1nc2ccccc2s1. The second-order valence-electron chi connectivity index (χ2n) is 5.03. The quantitative estimate of drug-likeness (QED) is 0.158. The summed E-state index contributed by atoms with van der Waals surface area (Å²) in [6, 6.07) is 8.26. The van der Waals surface area contributed by atoms with Gasteiger partial charge in [-0.3, -0.25) is 0 Å². The lowest BCUT2D eigenvalue weighted by atomic mass is 10.3. The van der Waals surface area contributed by atoms with Gasteiger partial charge in [0.05, 0.1) is 10.2 Å². The Hall–Kier alpha value is 1.31. The van der Waals surface area contributed by atoms with E-state index in [2.05, 4.69) is 30.1 Å². The van der Waals surface area contributed by atoms with Crippen LogP contribution in [-0.2, 0) is 13.3 Å². The highest BCUT2D eigenvalue weighted by molar-refractivity contribution is 9.41. The molecule has 1 aromatic heterocycles. The minimum absolute atomic E-state index is 0.289. The van der Waals surface area contributed by atoms with Crippen molar-refractivity contribution < 1.29 is 13.3 Å². The molecule has 146 valence electrons. The maximum Gasteiger partial charge on any atom is 0.503 e. The lowest BCUT2D eigenvalue weighted by molar-refractivity contribution is 0.112. The molecule has 0 aliphatic carbocycles. The number of thiazole rings is 1. The molecule has 0 spiro atoms. The Morgan fingerprint density at radius 2 is 1.73 bits per heavy atom. The van der Waals surface area contributed by atoms with E-state index in [0.29, 0.717) is 0 Å². The van der Waals surface area contributed by atoms with Crippen molar-refractivity contribution in [2.75, 3.05) is 27.1 Å². The first kappa shape index (κ1) is 23.6. The van der Waals surface area contributed by atoms with Crippen molar-refractivity contribution in [3.05, 3.63) is 24.3 Å². The van der Waals surface area contributed by atoms with Crippen LogP contribution in [0.25, 0.3) is 10.2 Å². The van der Waals surface area contributed by atoms with Gasteiger partial charge in [-0.25, -0.2) is 4.98 Å².